The summed E-state index contributed by atoms with van der Waals surface area (Å²) in [7, 11) is 1.65. The number of hydrogen-bond acceptors (Lipinski definition) is 3. The summed E-state index contributed by atoms with van der Waals surface area (Å²) < 4.78 is 13.4. The normalized spacial score (nSPS) is 10.9. The molecule has 3 aromatic carbocycles. The molecule has 136 valence electrons. The fourth-order valence-corrected chi connectivity index (χ4v) is 3.19. The van der Waals surface area contributed by atoms with Gasteiger partial charge in [0.15, 0.2) is 0 Å². The van der Waals surface area contributed by atoms with E-state index in [1.165, 1.54) is 0 Å². The molecule has 0 spiro atoms. The third-order valence-corrected chi connectivity index (χ3v) is 4.63. The number of rotatable bonds is 6. The van der Waals surface area contributed by atoms with Crippen LogP contribution in [0.2, 0.25) is 5.02 Å². The fourth-order valence-electron chi connectivity index (χ4n) is 3.07. The minimum atomic E-state index is 0.522. The number of halogens is 1. The second kappa shape index (κ2) is 7.72. The first-order valence-electron chi connectivity index (χ1n) is 8.72. The maximum Gasteiger partial charge on any atom is 0.141 e. The van der Waals surface area contributed by atoms with Gasteiger partial charge in [-0.3, -0.25) is 0 Å². The molecule has 0 N–H and O–H groups in total. The zero-order chi connectivity index (χ0) is 18.6. The molecule has 27 heavy (non-hydrogen) atoms. The first-order valence-corrected chi connectivity index (χ1v) is 9.10. The lowest BCUT2D eigenvalue weighted by Gasteiger charge is -2.11. The highest BCUT2D eigenvalue weighted by atomic mass is 35.5. The highest BCUT2D eigenvalue weighted by Gasteiger charge is 2.12. The summed E-state index contributed by atoms with van der Waals surface area (Å²) in [5.41, 5.74) is 3.07. The molecule has 0 atom stereocenters. The number of benzene rings is 3. The van der Waals surface area contributed by atoms with Crippen LogP contribution in [0.15, 0.2) is 72.8 Å². The minimum absolute atomic E-state index is 0.522. The fraction of sp³-hybridized carbons (Fsp3) is 0.136. The SMILES string of the molecule is COc1cccc(OCCn2c(-c3ccc(Cl)cc3)nc3ccccc32)c1. The number of hydrogen-bond donors (Lipinski definition) is 0. The summed E-state index contributed by atoms with van der Waals surface area (Å²) in [5, 5.41) is 0.711. The summed E-state index contributed by atoms with van der Waals surface area (Å²) >= 11 is 6.04. The van der Waals surface area contributed by atoms with Crippen LogP contribution < -0.4 is 9.47 Å². The van der Waals surface area contributed by atoms with Crippen LogP contribution in [-0.4, -0.2) is 23.3 Å². The van der Waals surface area contributed by atoms with Gasteiger partial charge in [0.25, 0.3) is 0 Å². The van der Waals surface area contributed by atoms with Gasteiger partial charge >= 0.3 is 0 Å². The zero-order valence-corrected chi connectivity index (χ0v) is 15.7. The van der Waals surface area contributed by atoms with Crippen LogP contribution in [0, 0.1) is 0 Å². The van der Waals surface area contributed by atoms with E-state index in [1.54, 1.807) is 7.11 Å². The standard InChI is InChI=1S/C22H19ClN2O2/c1-26-18-5-4-6-19(15-18)27-14-13-25-21-8-3-2-7-20(21)24-22(25)16-9-11-17(23)12-10-16/h2-12,15H,13-14H2,1H3. The molecule has 4 nitrogen and oxygen atoms in total. The molecule has 0 saturated carbocycles. The van der Waals surface area contributed by atoms with Gasteiger partial charge in [0.1, 0.15) is 23.9 Å². The quantitative estimate of drug-likeness (QED) is 0.448. The van der Waals surface area contributed by atoms with Gasteiger partial charge in [-0.2, -0.15) is 0 Å². The van der Waals surface area contributed by atoms with Gasteiger partial charge in [-0.1, -0.05) is 29.8 Å². The van der Waals surface area contributed by atoms with E-state index in [0.717, 1.165) is 33.9 Å². The van der Waals surface area contributed by atoms with Crippen LogP contribution in [0.25, 0.3) is 22.4 Å². The Morgan fingerprint density at radius 1 is 0.926 bits per heavy atom. The van der Waals surface area contributed by atoms with E-state index in [0.29, 0.717) is 18.2 Å². The molecule has 0 bridgehead atoms. The number of para-hydroxylation sites is 2. The Labute approximate surface area is 162 Å². The smallest absolute Gasteiger partial charge is 0.141 e. The van der Waals surface area contributed by atoms with Gasteiger partial charge in [-0.25, -0.2) is 4.98 Å². The average molecular weight is 379 g/mol. The molecule has 0 aliphatic carbocycles. The van der Waals surface area contributed by atoms with Crippen molar-refractivity contribution in [2.75, 3.05) is 13.7 Å². The van der Waals surface area contributed by atoms with Gasteiger partial charge in [-0.15, -0.1) is 0 Å². The molecule has 4 aromatic rings. The van der Waals surface area contributed by atoms with Crippen LogP contribution in [0.4, 0.5) is 0 Å². The van der Waals surface area contributed by atoms with E-state index in [2.05, 4.69) is 10.6 Å². The molecule has 0 aliphatic heterocycles. The third-order valence-electron chi connectivity index (χ3n) is 4.38. The van der Waals surface area contributed by atoms with Gasteiger partial charge in [0.2, 0.25) is 0 Å². The highest BCUT2D eigenvalue weighted by molar-refractivity contribution is 6.30. The monoisotopic (exact) mass is 378 g/mol. The van der Waals surface area contributed by atoms with E-state index >= 15 is 0 Å². The lowest BCUT2D eigenvalue weighted by atomic mass is 10.2. The summed E-state index contributed by atoms with van der Waals surface area (Å²) in [6, 6.07) is 23.5. The van der Waals surface area contributed by atoms with Crippen molar-refractivity contribution in [3.63, 3.8) is 0 Å². The van der Waals surface area contributed by atoms with Gasteiger partial charge < -0.3 is 14.0 Å². The van der Waals surface area contributed by atoms with Crippen molar-refractivity contribution in [2.45, 2.75) is 6.54 Å². The number of ether oxygens (including phenoxy) is 2. The molecule has 1 heterocycles. The van der Waals surface area contributed by atoms with E-state index in [1.807, 2.05) is 66.7 Å². The van der Waals surface area contributed by atoms with Gasteiger partial charge in [0.05, 0.1) is 24.7 Å². The van der Waals surface area contributed by atoms with Gasteiger partial charge in [-0.05, 0) is 48.5 Å². The zero-order valence-electron chi connectivity index (χ0n) is 14.9. The van der Waals surface area contributed by atoms with Crippen molar-refractivity contribution < 1.29 is 9.47 Å². The second-order valence-electron chi connectivity index (χ2n) is 6.11. The lowest BCUT2D eigenvalue weighted by Crippen LogP contribution is -2.09. The van der Waals surface area contributed by atoms with Crippen LogP contribution in [0.3, 0.4) is 0 Å². The maximum absolute atomic E-state index is 6.04. The van der Waals surface area contributed by atoms with E-state index < -0.39 is 0 Å². The molecule has 0 amide bonds. The molecule has 4 rings (SSSR count). The molecule has 1 aromatic heterocycles. The van der Waals surface area contributed by atoms with Crippen LogP contribution in [0.5, 0.6) is 11.5 Å². The molecule has 0 saturated heterocycles. The Balaban J connectivity index is 1.61. The number of aromatic nitrogens is 2. The summed E-state index contributed by atoms with van der Waals surface area (Å²) in [6.07, 6.45) is 0. The van der Waals surface area contributed by atoms with Crippen LogP contribution in [-0.2, 0) is 6.54 Å². The molecule has 0 fully saturated rings. The molecular weight excluding hydrogens is 360 g/mol. The number of fused-ring (bicyclic) bond motifs is 1. The van der Waals surface area contributed by atoms with Crippen LogP contribution >= 0.6 is 11.6 Å². The highest BCUT2D eigenvalue weighted by Crippen LogP contribution is 2.26. The predicted octanol–water partition coefficient (Wildman–Crippen LogP) is 5.44. The van der Waals surface area contributed by atoms with Crippen LogP contribution in [0.1, 0.15) is 0 Å². The predicted molar refractivity (Wildman–Crippen MR) is 109 cm³/mol. The Kier molecular flexibility index (Phi) is 4.99. The van der Waals surface area contributed by atoms with Crippen molar-refractivity contribution in [1.29, 1.82) is 0 Å². The van der Waals surface area contributed by atoms with Crippen molar-refractivity contribution in [3.05, 3.63) is 77.8 Å². The summed E-state index contributed by atoms with van der Waals surface area (Å²) in [4.78, 5) is 4.81. The Morgan fingerprint density at radius 3 is 2.52 bits per heavy atom. The number of nitrogens with zero attached hydrogens (tertiary/aromatic N) is 2. The largest absolute Gasteiger partial charge is 0.497 e. The first-order chi connectivity index (χ1) is 13.2. The van der Waals surface area contributed by atoms with E-state index in [4.69, 9.17) is 26.1 Å². The summed E-state index contributed by atoms with van der Waals surface area (Å²) in [6.45, 7) is 1.20. The average Bonchev–Trinajstić information content (AvgIpc) is 3.07. The lowest BCUT2D eigenvalue weighted by molar-refractivity contribution is 0.298. The van der Waals surface area contributed by atoms with E-state index in [9.17, 15) is 0 Å². The van der Waals surface area contributed by atoms with Crippen molar-refractivity contribution in [2.24, 2.45) is 0 Å². The molecule has 0 unspecified atom stereocenters. The minimum Gasteiger partial charge on any atom is -0.497 e. The van der Waals surface area contributed by atoms with Crippen molar-refractivity contribution in [1.82, 2.24) is 9.55 Å². The molecule has 0 radical (unpaired) electrons. The topological polar surface area (TPSA) is 36.3 Å². The first kappa shape index (κ1) is 17.4. The number of imidazole rings is 1. The molecule has 0 aliphatic rings. The number of methoxy groups -OCH3 is 1. The van der Waals surface area contributed by atoms with Gasteiger partial charge in [0, 0.05) is 16.7 Å². The van der Waals surface area contributed by atoms with Crippen molar-refractivity contribution >= 4 is 22.6 Å². The van der Waals surface area contributed by atoms with E-state index in [-0.39, 0.29) is 0 Å². The Hall–Kier alpha value is -2.98. The molecule has 5 heteroatoms. The third kappa shape index (κ3) is 3.76. The van der Waals surface area contributed by atoms with Crippen molar-refractivity contribution in [3.8, 4) is 22.9 Å². The molecular formula is C22H19ClN2O2. The Bertz CT molecular complexity index is 1060. The Morgan fingerprint density at radius 2 is 1.70 bits per heavy atom. The summed E-state index contributed by atoms with van der Waals surface area (Å²) in [5.74, 6) is 2.47. The second-order valence-corrected chi connectivity index (χ2v) is 6.55. The maximum atomic E-state index is 6.04.